The van der Waals surface area contributed by atoms with Gasteiger partial charge in [-0.1, -0.05) is 41.1 Å². The second-order valence-electron chi connectivity index (χ2n) is 4.64. The Bertz CT molecular complexity index is 523. The molecule has 19 heavy (non-hydrogen) atoms. The lowest BCUT2D eigenvalue weighted by Crippen LogP contribution is -2.23. The fraction of sp³-hybridized carbons (Fsp3) is 0.250. The van der Waals surface area contributed by atoms with Gasteiger partial charge < -0.3 is 10.6 Å². The van der Waals surface area contributed by atoms with Crippen molar-refractivity contribution in [1.82, 2.24) is 0 Å². The molecule has 0 aliphatic rings. The van der Waals surface area contributed by atoms with Crippen LogP contribution in [0.15, 0.2) is 53.0 Å². The molecule has 3 heteroatoms. The average molecular weight is 319 g/mol. The largest absolute Gasteiger partial charge is 0.399 e. The molecule has 0 aliphatic heterocycles. The number of anilines is 2. The minimum absolute atomic E-state index is 0.814. The predicted octanol–water partition coefficient (Wildman–Crippen LogP) is 4.45. The van der Waals surface area contributed by atoms with Gasteiger partial charge in [0.1, 0.15) is 0 Å². The van der Waals surface area contributed by atoms with E-state index in [-0.39, 0.29) is 0 Å². The molecule has 0 bridgehead atoms. The third kappa shape index (κ3) is 4.00. The van der Waals surface area contributed by atoms with E-state index in [9.17, 15) is 0 Å². The molecule has 0 saturated heterocycles. The molecule has 0 aromatic heterocycles. The minimum atomic E-state index is 0.814. The van der Waals surface area contributed by atoms with Gasteiger partial charge in [-0.2, -0.15) is 0 Å². The summed E-state index contributed by atoms with van der Waals surface area (Å²) in [5.74, 6) is 0. The van der Waals surface area contributed by atoms with E-state index in [4.69, 9.17) is 5.73 Å². The first-order valence-electron chi connectivity index (χ1n) is 6.54. The Morgan fingerprint density at radius 2 is 1.84 bits per heavy atom. The highest BCUT2D eigenvalue weighted by Gasteiger charge is 2.06. The summed E-state index contributed by atoms with van der Waals surface area (Å²) in [4.78, 5) is 2.36. The summed E-state index contributed by atoms with van der Waals surface area (Å²) >= 11 is 3.47. The summed E-state index contributed by atoms with van der Waals surface area (Å²) in [6, 6.07) is 16.6. The van der Waals surface area contributed by atoms with Crippen LogP contribution >= 0.6 is 15.9 Å². The molecule has 0 heterocycles. The van der Waals surface area contributed by atoms with E-state index in [1.165, 1.54) is 11.3 Å². The number of nitrogen functional groups attached to an aromatic ring is 1. The van der Waals surface area contributed by atoms with Crippen molar-refractivity contribution in [3.63, 3.8) is 0 Å². The molecule has 0 aliphatic carbocycles. The topological polar surface area (TPSA) is 29.3 Å². The Morgan fingerprint density at radius 1 is 1.11 bits per heavy atom. The number of benzene rings is 2. The molecule has 2 aromatic rings. The average Bonchev–Trinajstić information content (AvgIpc) is 2.41. The molecular formula is C16H19BrN2. The molecule has 0 amide bonds. The highest BCUT2D eigenvalue weighted by Crippen LogP contribution is 2.21. The van der Waals surface area contributed by atoms with Crippen LogP contribution in [0.5, 0.6) is 0 Å². The fourth-order valence-electron chi connectivity index (χ4n) is 2.10. The number of nitrogens with zero attached hydrogens (tertiary/aromatic N) is 1. The Hall–Kier alpha value is -1.48. The lowest BCUT2D eigenvalue weighted by Gasteiger charge is -2.24. The van der Waals surface area contributed by atoms with E-state index in [0.717, 1.165) is 29.7 Å². The Balaban J connectivity index is 2.18. The molecule has 2 N–H and O–H groups in total. The molecule has 2 nitrogen and oxygen atoms in total. The third-order valence-electron chi connectivity index (χ3n) is 3.02. The molecule has 2 aromatic carbocycles. The van der Waals surface area contributed by atoms with Gasteiger partial charge in [0, 0.05) is 28.9 Å². The first kappa shape index (κ1) is 13.9. The van der Waals surface area contributed by atoms with Gasteiger partial charge in [-0.15, -0.1) is 0 Å². The monoisotopic (exact) mass is 318 g/mol. The van der Waals surface area contributed by atoms with E-state index >= 15 is 0 Å². The zero-order chi connectivity index (χ0) is 13.7. The summed E-state index contributed by atoms with van der Waals surface area (Å²) in [6.07, 6.45) is 1.12. The van der Waals surface area contributed by atoms with E-state index in [0.29, 0.717) is 0 Å². The smallest absolute Gasteiger partial charge is 0.0429 e. The highest BCUT2D eigenvalue weighted by molar-refractivity contribution is 9.10. The lowest BCUT2D eigenvalue weighted by molar-refractivity contribution is 0.767. The summed E-state index contributed by atoms with van der Waals surface area (Å²) in [5, 5.41) is 0. The minimum Gasteiger partial charge on any atom is -0.399 e. The molecule has 0 saturated carbocycles. The van der Waals surface area contributed by atoms with Crippen LogP contribution in [0.3, 0.4) is 0 Å². The number of halogens is 1. The maximum Gasteiger partial charge on any atom is 0.0429 e. The van der Waals surface area contributed by atoms with Crippen molar-refractivity contribution in [3.05, 3.63) is 58.6 Å². The molecular weight excluding hydrogens is 300 g/mol. The van der Waals surface area contributed by atoms with Gasteiger partial charge in [-0.05, 0) is 42.3 Å². The van der Waals surface area contributed by atoms with Gasteiger partial charge in [0.15, 0.2) is 0 Å². The van der Waals surface area contributed by atoms with Gasteiger partial charge in [0.2, 0.25) is 0 Å². The quantitative estimate of drug-likeness (QED) is 0.825. The molecule has 2 rings (SSSR count). The van der Waals surface area contributed by atoms with Crippen LogP contribution in [0.25, 0.3) is 0 Å². The highest BCUT2D eigenvalue weighted by atomic mass is 79.9. The van der Waals surface area contributed by atoms with Gasteiger partial charge in [-0.25, -0.2) is 0 Å². The number of hydrogen-bond donors (Lipinski definition) is 1. The van der Waals surface area contributed by atoms with Crippen molar-refractivity contribution in [2.45, 2.75) is 19.9 Å². The van der Waals surface area contributed by atoms with Crippen LogP contribution < -0.4 is 10.6 Å². The molecule has 0 radical (unpaired) electrons. The Morgan fingerprint density at radius 3 is 2.47 bits per heavy atom. The summed E-state index contributed by atoms with van der Waals surface area (Å²) in [7, 11) is 0. The normalized spacial score (nSPS) is 10.4. The van der Waals surface area contributed by atoms with Crippen molar-refractivity contribution in [1.29, 1.82) is 0 Å². The number of hydrogen-bond acceptors (Lipinski definition) is 2. The van der Waals surface area contributed by atoms with Crippen LogP contribution in [0, 0.1) is 0 Å². The summed E-state index contributed by atoms with van der Waals surface area (Å²) in [6.45, 7) is 4.13. The standard InChI is InChI=1S/C16H19BrN2/c1-2-10-19(16-5-3-4-15(18)11-16)12-13-6-8-14(17)9-7-13/h3-9,11H,2,10,12,18H2,1H3. The molecule has 0 unspecified atom stereocenters. The van der Waals surface area contributed by atoms with Crippen molar-refractivity contribution in [2.75, 3.05) is 17.2 Å². The maximum atomic E-state index is 5.87. The SMILES string of the molecule is CCCN(Cc1ccc(Br)cc1)c1cccc(N)c1. The first-order valence-corrected chi connectivity index (χ1v) is 7.33. The van der Waals surface area contributed by atoms with Crippen molar-refractivity contribution in [2.24, 2.45) is 0 Å². The van der Waals surface area contributed by atoms with E-state index in [1.54, 1.807) is 0 Å². The third-order valence-corrected chi connectivity index (χ3v) is 3.54. The van der Waals surface area contributed by atoms with Gasteiger partial charge in [-0.3, -0.25) is 0 Å². The van der Waals surface area contributed by atoms with Gasteiger partial charge in [0.05, 0.1) is 0 Å². The van der Waals surface area contributed by atoms with Crippen LogP contribution in [0.4, 0.5) is 11.4 Å². The lowest BCUT2D eigenvalue weighted by atomic mass is 10.2. The molecule has 0 fully saturated rings. The van der Waals surface area contributed by atoms with E-state index in [1.807, 2.05) is 18.2 Å². The van der Waals surface area contributed by atoms with Crippen LogP contribution in [-0.4, -0.2) is 6.54 Å². The number of nitrogens with two attached hydrogens (primary N) is 1. The van der Waals surface area contributed by atoms with Crippen molar-refractivity contribution < 1.29 is 0 Å². The zero-order valence-electron chi connectivity index (χ0n) is 11.1. The van der Waals surface area contributed by atoms with E-state index in [2.05, 4.69) is 58.1 Å². The fourth-order valence-corrected chi connectivity index (χ4v) is 2.37. The molecule has 0 atom stereocenters. The van der Waals surface area contributed by atoms with Gasteiger partial charge >= 0.3 is 0 Å². The van der Waals surface area contributed by atoms with Crippen LogP contribution in [-0.2, 0) is 6.54 Å². The summed E-state index contributed by atoms with van der Waals surface area (Å²) in [5.41, 5.74) is 9.18. The van der Waals surface area contributed by atoms with Crippen LogP contribution in [0.2, 0.25) is 0 Å². The number of rotatable bonds is 5. The predicted molar refractivity (Wildman–Crippen MR) is 86.3 cm³/mol. The second kappa shape index (κ2) is 6.62. The zero-order valence-corrected chi connectivity index (χ0v) is 12.7. The van der Waals surface area contributed by atoms with Crippen LogP contribution in [0.1, 0.15) is 18.9 Å². The van der Waals surface area contributed by atoms with E-state index < -0.39 is 0 Å². The maximum absolute atomic E-state index is 5.87. The summed E-state index contributed by atoms with van der Waals surface area (Å²) < 4.78 is 1.11. The molecule has 100 valence electrons. The molecule has 0 spiro atoms. The van der Waals surface area contributed by atoms with Crippen molar-refractivity contribution in [3.8, 4) is 0 Å². The van der Waals surface area contributed by atoms with Gasteiger partial charge in [0.25, 0.3) is 0 Å². The Labute approximate surface area is 123 Å². The Kier molecular flexibility index (Phi) is 4.86. The first-order chi connectivity index (χ1) is 9.19. The second-order valence-corrected chi connectivity index (χ2v) is 5.56. The van der Waals surface area contributed by atoms with Crippen molar-refractivity contribution >= 4 is 27.3 Å².